The Morgan fingerprint density at radius 1 is 0.657 bits per heavy atom. The van der Waals surface area contributed by atoms with E-state index >= 15 is 0 Å². The van der Waals surface area contributed by atoms with Gasteiger partial charge < -0.3 is 51.1 Å². The average molecular weight is 515 g/mol. The van der Waals surface area contributed by atoms with Crippen LogP contribution in [0.3, 0.4) is 0 Å². The first-order valence-electron chi connectivity index (χ1n) is 10.0. The van der Waals surface area contributed by atoms with Crippen molar-refractivity contribution in [3.8, 4) is 0 Å². The number of aliphatic hydroxyl groups is 7. The van der Waals surface area contributed by atoms with E-state index in [0.717, 1.165) is 18.2 Å². The van der Waals surface area contributed by atoms with Gasteiger partial charge in [0.15, 0.2) is 0 Å². The second-order valence-corrected chi connectivity index (χ2v) is 6.88. The highest BCUT2D eigenvalue weighted by molar-refractivity contribution is 5.79. The number of hydrogen-bond donors (Lipinski definition) is 10. The molecule has 0 aliphatic heterocycles. The third kappa shape index (κ3) is 25.8. The van der Waals surface area contributed by atoms with Gasteiger partial charge >= 0.3 is 17.9 Å². The molecule has 0 heterocycles. The highest BCUT2D eigenvalue weighted by Gasteiger charge is 2.34. The Kier molecular flexibility index (Phi) is 33.5. The van der Waals surface area contributed by atoms with Crippen molar-refractivity contribution < 1.29 is 65.4 Å². The number of aliphatic hydroxyl groups excluding tert-OH is 7. The quantitative estimate of drug-likeness (QED) is 0.136. The lowest BCUT2D eigenvalue weighted by Gasteiger charge is -2.32. The molecule has 35 heavy (non-hydrogen) atoms. The molecule has 13 nitrogen and oxygen atoms in total. The van der Waals surface area contributed by atoms with E-state index in [2.05, 4.69) is 19.7 Å². The summed E-state index contributed by atoms with van der Waals surface area (Å²) in [5, 5.41) is 84.1. The lowest BCUT2D eigenvalue weighted by molar-refractivity contribution is -0.132. The minimum atomic E-state index is -0.981. The molecule has 0 aliphatic carbocycles. The first kappa shape index (κ1) is 42.5. The highest BCUT2D eigenvalue weighted by atomic mass is 16.4. The van der Waals surface area contributed by atoms with Gasteiger partial charge in [-0.25, -0.2) is 14.4 Å². The van der Waals surface area contributed by atoms with Crippen LogP contribution >= 0.6 is 0 Å². The monoisotopic (exact) mass is 514 g/mol. The van der Waals surface area contributed by atoms with E-state index in [0.29, 0.717) is 6.42 Å². The molecule has 0 rings (SSSR count). The summed E-state index contributed by atoms with van der Waals surface area (Å²) in [6, 6.07) is 0. The summed E-state index contributed by atoms with van der Waals surface area (Å²) < 4.78 is 0. The number of hydrogen-bond acceptors (Lipinski definition) is 10. The zero-order valence-electron chi connectivity index (χ0n) is 20.3. The van der Waals surface area contributed by atoms with E-state index in [-0.39, 0.29) is 52.2 Å². The molecular formula is C22H42O13. The molecule has 13 heteroatoms. The molecular weight excluding hydrogens is 472 g/mol. The SMILES string of the molecule is C=CC(=O)O.C=CC(=O)O.C=CC(=O)O.CC(CO)C(CO)(CO)CO.CCC(CO)(CO)CO. The molecule has 0 aromatic carbocycles. The van der Waals surface area contributed by atoms with Gasteiger partial charge in [-0.2, -0.15) is 0 Å². The van der Waals surface area contributed by atoms with Crippen LogP contribution in [0, 0.1) is 16.7 Å². The molecule has 0 saturated carbocycles. The molecule has 0 radical (unpaired) electrons. The summed E-state index contributed by atoms with van der Waals surface area (Å²) in [6.45, 7) is 10.8. The van der Waals surface area contributed by atoms with Crippen molar-refractivity contribution in [1.29, 1.82) is 0 Å². The molecule has 0 spiro atoms. The second-order valence-electron chi connectivity index (χ2n) is 6.88. The number of carboxylic acid groups (broad SMARTS) is 3. The Morgan fingerprint density at radius 2 is 0.886 bits per heavy atom. The predicted octanol–water partition coefficient (Wildman–Crippen LogP) is -1.29. The molecule has 10 N–H and O–H groups in total. The van der Waals surface area contributed by atoms with Gasteiger partial charge in [0.1, 0.15) is 0 Å². The van der Waals surface area contributed by atoms with E-state index < -0.39 is 28.7 Å². The Labute approximate surface area is 205 Å². The normalized spacial score (nSPS) is 10.5. The van der Waals surface area contributed by atoms with Gasteiger partial charge in [0.25, 0.3) is 0 Å². The van der Waals surface area contributed by atoms with Crippen molar-refractivity contribution in [2.75, 3.05) is 46.2 Å². The van der Waals surface area contributed by atoms with Gasteiger partial charge in [-0.15, -0.1) is 0 Å². The maximum Gasteiger partial charge on any atom is 0.327 e. The largest absolute Gasteiger partial charge is 0.478 e. The van der Waals surface area contributed by atoms with Crippen LogP contribution in [0.4, 0.5) is 0 Å². The van der Waals surface area contributed by atoms with E-state index in [1.165, 1.54) is 0 Å². The summed E-state index contributed by atoms with van der Waals surface area (Å²) in [7, 11) is 0. The maximum absolute atomic E-state index is 9.25. The van der Waals surface area contributed by atoms with Crippen molar-refractivity contribution in [3.05, 3.63) is 38.0 Å². The van der Waals surface area contributed by atoms with Crippen LogP contribution in [-0.2, 0) is 14.4 Å². The summed E-state index contributed by atoms with van der Waals surface area (Å²) in [4.78, 5) is 27.8. The Balaban J connectivity index is -0.000000112. The van der Waals surface area contributed by atoms with Crippen LogP contribution in [-0.4, -0.2) is 115 Å². The number of rotatable bonds is 12. The molecule has 0 saturated heterocycles. The second kappa shape index (κ2) is 27.6. The van der Waals surface area contributed by atoms with Crippen LogP contribution in [0.25, 0.3) is 0 Å². The molecule has 0 aromatic heterocycles. The minimum absolute atomic E-state index is 0.151. The minimum Gasteiger partial charge on any atom is -0.478 e. The number of carboxylic acids is 3. The van der Waals surface area contributed by atoms with Crippen molar-refractivity contribution in [1.82, 2.24) is 0 Å². The highest BCUT2D eigenvalue weighted by Crippen LogP contribution is 2.25. The lowest BCUT2D eigenvalue weighted by atomic mass is 9.79. The number of carbonyl (C=O) groups is 3. The fraction of sp³-hybridized carbons (Fsp3) is 0.591. The van der Waals surface area contributed by atoms with Gasteiger partial charge in [0.05, 0.1) is 39.6 Å². The predicted molar refractivity (Wildman–Crippen MR) is 127 cm³/mol. The molecule has 0 amide bonds. The summed E-state index contributed by atoms with van der Waals surface area (Å²) >= 11 is 0. The van der Waals surface area contributed by atoms with Crippen molar-refractivity contribution in [3.63, 3.8) is 0 Å². The molecule has 1 unspecified atom stereocenters. The number of aliphatic carboxylic acids is 3. The third-order valence-corrected chi connectivity index (χ3v) is 4.54. The summed E-state index contributed by atoms with van der Waals surface area (Å²) in [5.74, 6) is -3.25. The van der Waals surface area contributed by atoms with Gasteiger partial charge in [0.2, 0.25) is 0 Å². The Hall–Kier alpha value is -2.65. The smallest absolute Gasteiger partial charge is 0.327 e. The zero-order chi connectivity index (χ0) is 29.1. The maximum atomic E-state index is 9.25. The van der Waals surface area contributed by atoms with Crippen LogP contribution in [0.5, 0.6) is 0 Å². The average Bonchev–Trinajstić information content (AvgIpc) is 2.88. The van der Waals surface area contributed by atoms with Gasteiger partial charge in [-0.1, -0.05) is 33.6 Å². The fourth-order valence-electron chi connectivity index (χ4n) is 1.30. The van der Waals surface area contributed by atoms with Crippen molar-refractivity contribution in [2.24, 2.45) is 16.7 Å². The van der Waals surface area contributed by atoms with Crippen molar-refractivity contribution in [2.45, 2.75) is 20.3 Å². The topological polar surface area (TPSA) is 254 Å². The zero-order valence-corrected chi connectivity index (χ0v) is 20.3. The molecule has 0 aliphatic rings. The van der Waals surface area contributed by atoms with E-state index in [1.54, 1.807) is 6.92 Å². The fourth-order valence-corrected chi connectivity index (χ4v) is 1.30. The van der Waals surface area contributed by atoms with Gasteiger partial charge in [-0.3, -0.25) is 0 Å². The molecule has 0 bridgehead atoms. The van der Waals surface area contributed by atoms with Gasteiger partial charge in [-0.05, 0) is 12.3 Å². The molecule has 208 valence electrons. The first-order valence-corrected chi connectivity index (χ1v) is 10.0. The van der Waals surface area contributed by atoms with E-state index in [1.807, 2.05) is 6.92 Å². The summed E-state index contributed by atoms with van der Waals surface area (Å²) in [5.41, 5.74) is -1.62. The molecule has 0 fully saturated rings. The van der Waals surface area contributed by atoms with Crippen LogP contribution in [0.15, 0.2) is 38.0 Å². The van der Waals surface area contributed by atoms with E-state index in [4.69, 9.17) is 51.1 Å². The van der Waals surface area contributed by atoms with Crippen LogP contribution < -0.4 is 0 Å². The van der Waals surface area contributed by atoms with Crippen molar-refractivity contribution >= 4 is 17.9 Å². The Bertz CT molecular complexity index is 499. The summed E-state index contributed by atoms with van der Waals surface area (Å²) in [6.07, 6.45) is 3.09. The molecule has 1 atom stereocenters. The third-order valence-electron chi connectivity index (χ3n) is 4.54. The van der Waals surface area contributed by atoms with Crippen LogP contribution in [0.2, 0.25) is 0 Å². The Morgan fingerprint density at radius 3 is 0.914 bits per heavy atom. The molecule has 0 aromatic rings. The first-order chi connectivity index (χ1) is 16.2. The van der Waals surface area contributed by atoms with E-state index in [9.17, 15) is 14.4 Å². The lowest BCUT2D eigenvalue weighted by Crippen LogP contribution is -2.41. The van der Waals surface area contributed by atoms with Crippen LogP contribution in [0.1, 0.15) is 20.3 Å². The van der Waals surface area contributed by atoms with Gasteiger partial charge in [0, 0.05) is 35.7 Å². The standard InChI is InChI=1S/C7H16O4.C6H14O3.3C3H4O2/c1-6(2-8)7(3-9,4-10)5-11;1-2-6(3-7,4-8)5-9;3*1-2-3(4)5/h6,8-11H,2-5H2,1H3;7-9H,2-5H2,1H3;3*2H,1H2,(H,4,5).